The van der Waals surface area contributed by atoms with E-state index in [9.17, 15) is 0 Å². The van der Waals surface area contributed by atoms with Gasteiger partial charge in [0.1, 0.15) is 10.3 Å². The normalized spacial score (nSPS) is 14.2. The first-order chi connectivity index (χ1) is 11.1. The molecule has 2 heterocycles. The molecule has 0 saturated carbocycles. The second-order valence-corrected chi connectivity index (χ2v) is 7.78. The summed E-state index contributed by atoms with van der Waals surface area (Å²) < 4.78 is 1.86. The van der Waals surface area contributed by atoms with Crippen LogP contribution in [0.1, 0.15) is 28.8 Å². The molecule has 6 heteroatoms. The Morgan fingerprint density at radius 2 is 2.04 bits per heavy atom. The first-order valence-corrected chi connectivity index (χ1v) is 9.19. The summed E-state index contributed by atoms with van der Waals surface area (Å²) in [5.74, 6) is 0. The molecular formula is C17H15Cl2N3S. The van der Waals surface area contributed by atoms with E-state index < -0.39 is 0 Å². The number of fused-ring (bicyclic) bond motifs is 3. The summed E-state index contributed by atoms with van der Waals surface area (Å²) in [5.41, 5.74) is 2.81. The van der Waals surface area contributed by atoms with Gasteiger partial charge in [-0.25, -0.2) is 4.98 Å². The van der Waals surface area contributed by atoms with E-state index in [4.69, 9.17) is 28.6 Å². The predicted octanol–water partition coefficient (Wildman–Crippen LogP) is 4.81. The fourth-order valence-electron chi connectivity index (χ4n) is 3.16. The number of hydrogen-bond donors (Lipinski definition) is 1. The summed E-state index contributed by atoms with van der Waals surface area (Å²) in [4.78, 5) is 6.98. The Morgan fingerprint density at radius 3 is 2.87 bits per heavy atom. The molecule has 0 radical (unpaired) electrons. The Hall–Kier alpha value is -1.36. The minimum absolute atomic E-state index is 0.528. The summed E-state index contributed by atoms with van der Waals surface area (Å²) in [6.07, 6.45) is 6.38. The molecule has 0 unspecified atom stereocenters. The molecule has 118 valence electrons. The maximum Gasteiger partial charge on any atom is 0.136 e. The zero-order valence-corrected chi connectivity index (χ0v) is 14.7. The molecule has 0 spiro atoms. The van der Waals surface area contributed by atoms with Gasteiger partial charge in [-0.1, -0.05) is 29.3 Å². The maximum absolute atomic E-state index is 8.62. The van der Waals surface area contributed by atoms with E-state index >= 15 is 0 Å². The number of halogens is 2. The van der Waals surface area contributed by atoms with Crippen LogP contribution in [-0.4, -0.2) is 9.55 Å². The van der Waals surface area contributed by atoms with Crippen LogP contribution in [0.3, 0.4) is 0 Å². The van der Waals surface area contributed by atoms with Crippen molar-refractivity contribution in [2.75, 3.05) is 0 Å². The lowest BCUT2D eigenvalue weighted by molar-refractivity contribution is 0.694. The fraction of sp³-hybridized carbons (Fsp3) is 0.294. The Kier molecular flexibility index (Phi) is 3.92. The van der Waals surface area contributed by atoms with Gasteiger partial charge in [0, 0.05) is 14.9 Å². The molecule has 0 aliphatic heterocycles. The van der Waals surface area contributed by atoms with Crippen molar-refractivity contribution in [2.45, 2.75) is 32.2 Å². The molecule has 1 aliphatic rings. The van der Waals surface area contributed by atoms with E-state index in [2.05, 4.69) is 4.98 Å². The Labute approximate surface area is 148 Å². The molecule has 3 nitrogen and oxygen atoms in total. The maximum atomic E-state index is 8.62. The lowest BCUT2D eigenvalue weighted by atomic mass is 9.97. The number of aryl methyl sites for hydroxylation is 2. The highest BCUT2D eigenvalue weighted by molar-refractivity contribution is 7.18. The molecule has 3 aromatic rings. The zero-order valence-electron chi connectivity index (χ0n) is 12.4. The number of hydrogen-bond acceptors (Lipinski definition) is 3. The number of aromatic nitrogens is 2. The molecule has 4 rings (SSSR count). The number of rotatable bonds is 2. The largest absolute Gasteiger partial charge is 0.312 e. The third kappa shape index (κ3) is 2.69. The van der Waals surface area contributed by atoms with Gasteiger partial charge < -0.3 is 4.57 Å². The summed E-state index contributed by atoms with van der Waals surface area (Å²) in [7, 11) is 0. The van der Waals surface area contributed by atoms with Crippen molar-refractivity contribution in [3.8, 4) is 0 Å². The summed E-state index contributed by atoms with van der Waals surface area (Å²) in [6.45, 7) is 0.530. The fourth-order valence-corrected chi connectivity index (χ4v) is 4.86. The Bertz CT molecular complexity index is 958. The molecule has 0 saturated heterocycles. The van der Waals surface area contributed by atoms with Gasteiger partial charge in [-0.05, 0) is 48.9 Å². The molecular weight excluding hydrogens is 349 g/mol. The first kappa shape index (κ1) is 15.2. The quantitative estimate of drug-likeness (QED) is 0.697. The minimum atomic E-state index is 0.528. The van der Waals surface area contributed by atoms with Crippen LogP contribution in [0.2, 0.25) is 10.0 Å². The van der Waals surface area contributed by atoms with Crippen molar-refractivity contribution in [1.82, 2.24) is 9.55 Å². The molecule has 1 aliphatic carbocycles. The number of thiophene rings is 1. The van der Waals surface area contributed by atoms with E-state index in [1.165, 1.54) is 23.3 Å². The van der Waals surface area contributed by atoms with Gasteiger partial charge in [0.2, 0.25) is 0 Å². The van der Waals surface area contributed by atoms with Crippen molar-refractivity contribution in [3.05, 3.63) is 56.1 Å². The molecule has 1 N–H and O–H groups in total. The SMILES string of the molecule is N=c1c2c3c(sc2ncn1Cc1ccc(Cl)cc1Cl)CCCC3. The highest BCUT2D eigenvalue weighted by Crippen LogP contribution is 2.33. The third-order valence-corrected chi connectivity index (χ3v) is 6.13. The second kappa shape index (κ2) is 5.93. The van der Waals surface area contributed by atoms with E-state index in [0.717, 1.165) is 28.6 Å². The first-order valence-electron chi connectivity index (χ1n) is 7.61. The van der Waals surface area contributed by atoms with Gasteiger partial charge in [-0.15, -0.1) is 11.3 Å². The van der Waals surface area contributed by atoms with Crippen LogP contribution in [0.5, 0.6) is 0 Å². The average molecular weight is 364 g/mol. The van der Waals surface area contributed by atoms with Crippen molar-refractivity contribution in [2.24, 2.45) is 0 Å². The average Bonchev–Trinajstić information content (AvgIpc) is 2.91. The van der Waals surface area contributed by atoms with Crippen molar-refractivity contribution < 1.29 is 0 Å². The smallest absolute Gasteiger partial charge is 0.136 e. The Balaban J connectivity index is 1.82. The highest BCUT2D eigenvalue weighted by Gasteiger charge is 2.18. The molecule has 0 atom stereocenters. The van der Waals surface area contributed by atoms with Crippen molar-refractivity contribution >= 4 is 44.8 Å². The van der Waals surface area contributed by atoms with Gasteiger partial charge in [0.15, 0.2) is 0 Å². The zero-order chi connectivity index (χ0) is 16.0. The van der Waals surface area contributed by atoms with E-state index in [0.29, 0.717) is 22.1 Å². The third-order valence-electron chi connectivity index (χ3n) is 4.35. The van der Waals surface area contributed by atoms with E-state index in [1.54, 1.807) is 23.7 Å². The van der Waals surface area contributed by atoms with Crippen LogP contribution in [0, 0.1) is 5.41 Å². The van der Waals surface area contributed by atoms with Crippen LogP contribution in [0.25, 0.3) is 10.2 Å². The molecule has 2 aromatic heterocycles. The van der Waals surface area contributed by atoms with Gasteiger partial charge >= 0.3 is 0 Å². The van der Waals surface area contributed by atoms with Crippen LogP contribution < -0.4 is 5.49 Å². The number of nitrogens with one attached hydrogen (secondary N) is 1. The summed E-state index contributed by atoms with van der Waals surface area (Å²) in [6, 6.07) is 5.47. The minimum Gasteiger partial charge on any atom is -0.312 e. The van der Waals surface area contributed by atoms with Gasteiger partial charge in [0.05, 0.1) is 18.3 Å². The van der Waals surface area contributed by atoms with Gasteiger partial charge in [-0.3, -0.25) is 5.41 Å². The van der Waals surface area contributed by atoms with Crippen molar-refractivity contribution in [3.63, 3.8) is 0 Å². The lowest BCUT2D eigenvalue weighted by Crippen LogP contribution is -2.22. The Morgan fingerprint density at radius 1 is 1.22 bits per heavy atom. The van der Waals surface area contributed by atoms with Crippen molar-refractivity contribution in [1.29, 1.82) is 5.41 Å². The molecule has 0 amide bonds. The molecule has 23 heavy (non-hydrogen) atoms. The number of nitrogens with zero attached hydrogens (tertiary/aromatic N) is 2. The predicted molar refractivity (Wildman–Crippen MR) is 95.7 cm³/mol. The topological polar surface area (TPSA) is 41.7 Å². The van der Waals surface area contributed by atoms with Gasteiger partial charge in [0.25, 0.3) is 0 Å². The van der Waals surface area contributed by atoms with E-state index in [1.807, 2.05) is 16.7 Å². The lowest BCUT2D eigenvalue weighted by Gasteiger charge is -2.12. The highest BCUT2D eigenvalue weighted by atomic mass is 35.5. The monoisotopic (exact) mass is 363 g/mol. The standard InChI is InChI=1S/C17H15Cl2N3S/c18-11-6-5-10(13(19)7-11)8-22-9-21-17-15(16(22)20)12-3-1-2-4-14(12)23-17/h5-7,9,20H,1-4,8H2. The second-order valence-electron chi connectivity index (χ2n) is 5.85. The number of benzene rings is 1. The van der Waals surface area contributed by atoms with Crippen LogP contribution in [0.4, 0.5) is 0 Å². The van der Waals surface area contributed by atoms with Gasteiger partial charge in [-0.2, -0.15) is 0 Å². The van der Waals surface area contributed by atoms with Crippen LogP contribution >= 0.6 is 34.5 Å². The molecule has 1 aromatic carbocycles. The van der Waals surface area contributed by atoms with Crippen LogP contribution in [-0.2, 0) is 19.4 Å². The van der Waals surface area contributed by atoms with E-state index in [-0.39, 0.29) is 0 Å². The summed E-state index contributed by atoms with van der Waals surface area (Å²) in [5, 5.41) is 10.9. The van der Waals surface area contributed by atoms with Crippen LogP contribution in [0.15, 0.2) is 24.5 Å². The molecule has 0 fully saturated rings. The summed E-state index contributed by atoms with van der Waals surface area (Å²) >= 11 is 14.0. The molecule has 0 bridgehead atoms.